The smallest absolute Gasteiger partial charge is 0.323 e. The van der Waals surface area contributed by atoms with Gasteiger partial charge in [0.05, 0.1) is 6.10 Å². The minimum absolute atomic E-state index is 0.316. The predicted octanol–water partition coefficient (Wildman–Crippen LogP) is 3.09. The SMILES string of the molecule is Cc1cnccc1NC(=O)Nc1ccc(C(C)O)cc1. The average molecular weight is 271 g/mol. The molecule has 5 heteroatoms. The molecule has 1 heterocycles. The minimum Gasteiger partial charge on any atom is -0.389 e. The summed E-state index contributed by atoms with van der Waals surface area (Å²) in [5, 5.41) is 14.9. The van der Waals surface area contributed by atoms with Gasteiger partial charge in [-0.2, -0.15) is 0 Å². The van der Waals surface area contributed by atoms with Crippen molar-refractivity contribution in [2.75, 3.05) is 10.6 Å². The number of hydrogen-bond donors (Lipinski definition) is 3. The second-order valence-electron chi connectivity index (χ2n) is 4.57. The van der Waals surface area contributed by atoms with Crippen LogP contribution in [0.2, 0.25) is 0 Å². The van der Waals surface area contributed by atoms with Gasteiger partial charge in [0.25, 0.3) is 0 Å². The van der Waals surface area contributed by atoms with Crippen LogP contribution in [0.5, 0.6) is 0 Å². The topological polar surface area (TPSA) is 74.2 Å². The third-order valence-corrected chi connectivity index (χ3v) is 2.92. The molecular weight excluding hydrogens is 254 g/mol. The lowest BCUT2D eigenvalue weighted by molar-refractivity contribution is 0.199. The quantitative estimate of drug-likeness (QED) is 0.803. The monoisotopic (exact) mass is 271 g/mol. The van der Waals surface area contributed by atoms with Gasteiger partial charge in [0.1, 0.15) is 0 Å². The molecular formula is C15H17N3O2. The van der Waals surface area contributed by atoms with Crippen LogP contribution in [-0.2, 0) is 0 Å². The number of aromatic nitrogens is 1. The van der Waals surface area contributed by atoms with Crippen molar-refractivity contribution in [3.63, 3.8) is 0 Å². The molecule has 0 spiro atoms. The van der Waals surface area contributed by atoms with Crippen molar-refractivity contribution in [2.45, 2.75) is 20.0 Å². The van der Waals surface area contributed by atoms with E-state index in [1.165, 1.54) is 0 Å². The van der Waals surface area contributed by atoms with E-state index in [1.54, 1.807) is 49.6 Å². The molecule has 5 nitrogen and oxygen atoms in total. The predicted molar refractivity (Wildman–Crippen MR) is 78.7 cm³/mol. The maximum absolute atomic E-state index is 11.9. The number of aliphatic hydroxyl groups is 1. The molecule has 0 saturated heterocycles. The van der Waals surface area contributed by atoms with E-state index < -0.39 is 6.10 Å². The van der Waals surface area contributed by atoms with E-state index in [2.05, 4.69) is 15.6 Å². The van der Waals surface area contributed by atoms with Crippen molar-refractivity contribution >= 4 is 17.4 Å². The third-order valence-electron chi connectivity index (χ3n) is 2.92. The van der Waals surface area contributed by atoms with Crippen molar-refractivity contribution in [3.8, 4) is 0 Å². The molecule has 20 heavy (non-hydrogen) atoms. The Balaban J connectivity index is 1.99. The van der Waals surface area contributed by atoms with Gasteiger partial charge in [0, 0.05) is 23.8 Å². The fourth-order valence-electron chi connectivity index (χ4n) is 1.74. The third kappa shape index (κ3) is 3.55. The summed E-state index contributed by atoms with van der Waals surface area (Å²) in [6.45, 7) is 3.57. The first-order valence-corrected chi connectivity index (χ1v) is 6.33. The Labute approximate surface area is 117 Å². The van der Waals surface area contributed by atoms with Crippen molar-refractivity contribution in [2.24, 2.45) is 0 Å². The number of anilines is 2. The van der Waals surface area contributed by atoms with Gasteiger partial charge in [-0.15, -0.1) is 0 Å². The number of nitrogens with one attached hydrogen (secondary N) is 2. The Morgan fingerprint density at radius 1 is 1.20 bits per heavy atom. The molecule has 1 aromatic heterocycles. The molecule has 1 unspecified atom stereocenters. The highest BCUT2D eigenvalue weighted by molar-refractivity contribution is 6.00. The van der Waals surface area contributed by atoms with Crippen LogP contribution in [0.25, 0.3) is 0 Å². The number of pyridine rings is 1. The molecule has 3 N–H and O–H groups in total. The van der Waals surface area contributed by atoms with E-state index in [9.17, 15) is 9.90 Å². The standard InChI is InChI=1S/C15H17N3O2/c1-10-9-16-8-7-14(10)18-15(20)17-13-5-3-12(4-6-13)11(2)19/h3-9,11,19H,1-2H3,(H2,16,17,18,20). The lowest BCUT2D eigenvalue weighted by Crippen LogP contribution is -2.20. The Bertz CT molecular complexity index is 594. The minimum atomic E-state index is -0.516. The van der Waals surface area contributed by atoms with Crippen LogP contribution in [0, 0.1) is 6.92 Å². The molecule has 104 valence electrons. The van der Waals surface area contributed by atoms with Gasteiger partial charge in [0.2, 0.25) is 0 Å². The zero-order valence-corrected chi connectivity index (χ0v) is 11.4. The molecule has 1 atom stereocenters. The number of rotatable bonds is 3. The van der Waals surface area contributed by atoms with Gasteiger partial charge in [-0.1, -0.05) is 12.1 Å². The average Bonchev–Trinajstić information content (AvgIpc) is 2.42. The van der Waals surface area contributed by atoms with Crippen LogP contribution >= 0.6 is 0 Å². The lowest BCUT2D eigenvalue weighted by atomic mass is 10.1. The summed E-state index contributed by atoms with van der Waals surface area (Å²) in [7, 11) is 0. The summed E-state index contributed by atoms with van der Waals surface area (Å²) in [5.41, 5.74) is 3.09. The molecule has 2 rings (SSSR count). The Kier molecular flexibility index (Phi) is 4.32. The van der Waals surface area contributed by atoms with Gasteiger partial charge < -0.3 is 15.7 Å². The summed E-state index contributed by atoms with van der Waals surface area (Å²) < 4.78 is 0. The first kappa shape index (κ1) is 14.0. The number of aryl methyl sites for hydroxylation is 1. The first-order chi connectivity index (χ1) is 9.56. The summed E-state index contributed by atoms with van der Waals surface area (Å²) in [6.07, 6.45) is 2.80. The van der Waals surface area contributed by atoms with Gasteiger partial charge in [-0.3, -0.25) is 4.98 Å². The van der Waals surface area contributed by atoms with Crippen molar-refractivity contribution < 1.29 is 9.90 Å². The normalized spacial score (nSPS) is 11.8. The summed E-state index contributed by atoms with van der Waals surface area (Å²) in [5.74, 6) is 0. The lowest BCUT2D eigenvalue weighted by Gasteiger charge is -2.10. The second kappa shape index (κ2) is 6.16. The number of benzene rings is 1. The number of aliphatic hydroxyl groups excluding tert-OH is 1. The van der Waals surface area contributed by atoms with Crippen molar-refractivity contribution in [3.05, 3.63) is 53.9 Å². The highest BCUT2D eigenvalue weighted by atomic mass is 16.3. The van der Waals surface area contributed by atoms with Crippen LogP contribution < -0.4 is 10.6 Å². The van der Waals surface area contributed by atoms with Gasteiger partial charge in [-0.05, 0) is 43.2 Å². The van der Waals surface area contributed by atoms with Crippen LogP contribution in [0.1, 0.15) is 24.2 Å². The van der Waals surface area contributed by atoms with Crippen LogP contribution in [0.15, 0.2) is 42.7 Å². The Morgan fingerprint density at radius 2 is 1.90 bits per heavy atom. The summed E-state index contributed by atoms with van der Waals surface area (Å²) in [6, 6.07) is 8.48. The number of carbonyl (C=O) groups is 1. The maximum Gasteiger partial charge on any atom is 0.323 e. The number of nitrogens with zero attached hydrogens (tertiary/aromatic N) is 1. The highest BCUT2D eigenvalue weighted by Crippen LogP contribution is 2.16. The highest BCUT2D eigenvalue weighted by Gasteiger charge is 2.05. The number of carbonyl (C=O) groups excluding carboxylic acids is 1. The zero-order valence-electron chi connectivity index (χ0n) is 11.4. The summed E-state index contributed by atoms with van der Waals surface area (Å²) >= 11 is 0. The van der Waals surface area contributed by atoms with Crippen molar-refractivity contribution in [1.29, 1.82) is 0 Å². The molecule has 0 fully saturated rings. The van der Waals surface area contributed by atoms with Gasteiger partial charge in [0.15, 0.2) is 0 Å². The molecule has 0 saturated carbocycles. The molecule has 0 aliphatic rings. The molecule has 2 amide bonds. The fourth-order valence-corrected chi connectivity index (χ4v) is 1.74. The molecule has 0 radical (unpaired) electrons. The molecule has 0 aliphatic heterocycles. The molecule has 1 aromatic carbocycles. The van der Waals surface area contributed by atoms with Crippen LogP contribution in [0.4, 0.5) is 16.2 Å². The van der Waals surface area contributed by atoms with E-state index in [1.807, 2.05) is 6.92 Å². The van der Waals surface area contributed by atoms with Crippen LogP contribution in [0.3, 0.4) is 0 Å². The molecule has 0 bridgehead atoms. The molecule has 0 aliphatic carbocycles. The van der Waals surface area contributed by atoms with E-state index in [4.69, 9.17) is 0 Å². The van der Waals surface area contributed by atoms with Crippen molar-refractivity contribution in [1.82, 2.24) is 4.98 Å². The molecule has 2 aromatic rings. The number of urea groups is 1. The second-order valence-corrected chi connectivity index (χ2v) is 4.57. The number of hydrogen-bond acceptors (Lipinski definition) is 3. The fraction of sp³-hybridized carbons (Fsp3) is 0.200. The van der Waals surface area contributed by atoms with E-state index in [0.29, 0.717) is 5.69 Å². The zero-order chi connectivity index (χ0) is 14.5. The Hall–Kier alpha value is -2.40. The van der Waals surface area contributed by atoms with E-state index in [0.717, 1.165) is 16.8 Å². The van der Waals surface area contributed by atoms with Crippen LogP contribution in [-0.4, -0.2) is 16.1 Å². The van der Waals surface area contributed by atoms with E-state index in [-0.39, 0.29) is 6.03 Å². The maximum atomic E-state index is 11.9. The van der Waals surface area contributed by atoms with Gasteiger partial charge >= 0.3 is 6.03 Å². The van der Waals surface area contributed by atoms with E-state index >= 15 is 0 Å². The first-order valence-electron chi connectivity index (χ1n) is 6.33. The largest absolute Gasteiger partial charge is 0.389 e. The summed E-state index contributed by atoms with van der Waals surface area (Å²) in [4.78, 5) is 15.8. The number of amides is 2. The Morgan fingerprint density at radius 3 is 2.50 bits per heavy atom. The van der Waals surface area contributed by atoms with Gasteiger partial charge in [-0.25, -0.2) is 4.79 Å².